The predicted molar refractivity (Wildman–Crippen MR) is 48.8 cm³/mol. The van der Waals surface area contributed by atoms with Gasteiger partial charge < -0.3 is 16.6 Å². The molecule has 1 unspecified atom stereocenters. The number of para-hydroxylation sites is 1. The fourth-order valence-corrected chi connectivity index (χ4v) is 1.05. The van der Waals surface area contributed by atoms with E-state index in [1.807, 2.05) is 12.1 Å². The third-order valence-electron chi connectivity index (χ3n) is 1.78. The van der Waals surface area contributed by atoms with Gasteiger partial charge in [-0.2, -0.15) is 0 Å². The molecule has 3 nitrogen and oxygen atoms in total. The highest BCUT2D eigenvalue weighted by atomic mass is 16.3. The summed E-state index contributed by atoms with van der Waals surface area (Å²) in [4.78, 5) is 0. The molecule has 12 heavy (non-hydrogen) atoms. The Morgan fingerprint density at radius 1 is 1.33 bits per heavy atom. The number of benzene rings is 1. The maximum absolute atomic E-state index is 9.36. The average Bonchev–Trinajstić information content (AvgIpc) is 2.09. The number of phenolic OH excluding ortho intramolecular Hbond substituents is 1. The van der Waals surface area contributed by atoms with E-state index < -0.39 is 0 Å². The molecule has 0 radical (unpaired) electrons. The van der Waals surface area contributed by atoms with Crippen molar-refractivity contribution in [3.8, 4) is 5.75 Å². The molecule has 3 heteroatoms. The summed E-state index contributed by atoms with van der Waals surface area (Å²) in [5.74, 6) is 0.293. The predicted octanol–water partition coefficient (Wildman–Crippen LogP) is 0.221. The Hall–Kier alpha value is -1.06. The molecule has 1 rings (SSSR count). The van der Waals surface area contributed by atoms with Crippen LogP contribution in [-0.4, -0.2) is 17.7 Å². The normalized spacial score (nSPS) is 12.8. The first kappa shape index (κ1) is 9.03. The van der Waals surface area contributed by atoms with Gasteiger partial charge in [0.05, 0.1) is 0 Å². The summed E-state index contributed by atoms with van der Waals surface area (Å²) in [6, 6.07) is 7.09. The highest BCUT2D eigenvalue weighted by molar-refractivity contribution is 5.32. The Bertz CT molecular complexity index is 250. The standard InChI is InChI=1S/C9H14N2O/c10-6-8(11)5-7-3-1-2-4-9(7)12/h1-4,8,12H,5-6,10-11H2. The zero-order valence-electron chi connectivity index (χ0n) is 6.90. The van der Waals surface area contributed by atoms with Crippen molar-refractivity contribution in [3.63, 3.8) is 0 Å². The summed E-state index contributed by atoms with van der Waals surface area (Å²) in [5.41, 5.74) is 11.9. The van der Waals surface area contributed by atoms with Crippen LogP contribution in [-0.2, 0) is 6.42 Å². The summed E-state index contributed by atoms with van der Waals surface area (Å²) in [5, 5.41) is 9.36. The van der Waals surface area contributed by atoms with Crippen LogP contribution >= 0.6 is 0 Å². The van der Waals surface area contributed by atoms with Gasteiger partial charge in [-0.1, -0.05) is 18.2 Å². The Balaban J connectivity index is 2.69. The molecule has 0 saturated heterocycles. The van der Waals surface area contributed by atoms with Gasteiger partial charge in [0.1, 0.15) is 5.75 Å². The lowest BCUT2D eigenvalue weighted by Crippen LogP contribution is -2.31. The molecule has 0 aliphatic carbocycles. The molecule has 1 aromatic carbocycles. The fourth-order valence-electron chi connectivity index (χ4n) is 1.05. The van der Waals surface area contributed by atoms with Crippen LogP contribution in [0.15, 0.2) is 24.3 Å². The lowest BCUT2D eigenvalue weighted by Gasteiger charge is -2.09. The van der Waals surface area contributed by atoms with E-state index in [4.69, 9.17) is 11.5 Å². The molecule has 5 N–H and O–H groups in total. The van der Waals surface area contributed by atoms with Gasteiger partial charge in [-0.25, -0.2) is 0 Å². The van der Waals surface area contributed by atoms with Crippen LogP contribution < -0.4 is 11.5 Å². The number of aromatic hydroxyl groups is 1. The molecule has 1 atom stereocenters. The molecular formula is C9H14N2O. The van der Waals surface area contributed by atoms with Crippen molar-refractivity contribution in [3.05, 3.63) is 29.8 Å². The third kappa shape index (κ3) is 2.22. The minimum Gasteiger partial charge on any atom is -0.508 e. The molecule has 0 saturated carbocycles. The SMILES string of the molecule is NCC(N)Cc1ccccc1O. The van der Waals surface area contributed by atoms with Gasteiger partial charge in [0, 0.05) is 12.6 Å². The van der Waals surface area contributed by atoms with E-state index >= 15 is 0 Å². The van der Waals surface area contributed by atoms with Gasteiger partial charge in [-0.05, 0) is 18.1 Å². The van der Waals surface area contributed by atoms with Crippen molar-refractivity contribution < 1.29 is 5.11 Å². The quantitative estimate of drug-likeness (QED) is 0.601. The Labute approximate surface area is 72.0 Å². The van der Waals surface area contributed by atoms with E-state index in [1.165, 1.54) is 0 Å². The van der Waals surface area contributed by atoms with Crippen LogP contribution in [0.1, 0.15) is 5.56 Å². The van der Waals surface area contributed by atoms with Gasteiger partial charge in [0.15, 0.2) is 0 Å². The molecule has 1 aromatic rings. The lowest BCUT2D eigenvalue weighted by molar-refractivity contribution is 0.465. The Morgan fingerprint density at radius 2 is 2.00 bits per heavy atom. The number of nitrogens with two attached hydrogens (primary N) is 2. The average molecular weight is 166 g/mol. The van der Waals surface area contributed by atoms with Crippen LogP contribution in [0.4, 0.5) is 0 Å². The summed E-state index contributed by atoms with van der Waals surface area (Å²) in [6.07, 6.45) is 0.628. The second-order valence-electron chi connectivity index (χ2n) is 2.83. The van der Waals surface area contributed by atoms with Crippen molar-refractivity contribution in [1.29, 1.82) is 0 Å². The lowest BCUT2D eigenvalue weighted by atomic mass is 10.1. The van der Waals surface area contributed by atoms with Crippen LogP contribution in [0.25, 0.3) is 0 Å². The molecule has 0 aromatic heterocycles. The second-order valence-corrected chi connectivity index (χ2v) is 2.83. The molecule has 0 amide bonds. The van der Waals surface area contributed by atoms with E-state index in [2.05, 4.69) is 0 Å². The number of hydrogen-bond donors (Lipinski definition) is 3. The van der Waals surface area contributed by atoms with Crippen LogP contribution in [0, 0.1) is 0 Å². The van der Waals surface area contributed by atoms with Crippen molar-refractivity contribution >= 4 is 0 Å². The molecule has 0 aliphatic rings. The van der Waals surface area contributed by atoms with Crippen LogP contribution in [0.5, 0.6) is 5.75 Å². The highest BCUT2D eigenvalue weighted by Crippen LogP contribution is 2.16. The van der Waals surface area contributed by atoms with Crippen molar-refractivity contribution in [2.45, 2.75) is 12.5 Å². The minimum atomic E-state index is -0.0710. The maximum atomic E-state index is 9.36. The third-order valence-corrected chi connectivity index (χ3v) is 1.78. The zero-order valence-corrected chi connectivity index (χ0v) is 6.90. The smallest absolute Gasteiger partial charge is 0.118 e. The topological polar surface area (TPSA) is 72.3 Å². The van der Waals surface area contributed by atoms with Crippen molar-refractivity contribution in [2.24, 2.45) is 11.5 Å². The number of hydrogen-bond acceptors (Lipinski definition) is 3. The van der Waals surface area contributed by atoms with Gasteiger partial charge >= 0.3 is 0 Å². The summed E-state index contributed by atoms with van der Waals surface area (Å²) in [6.45, 7) is 0.439. The zero-order chi connectivity index (χ0) is 8.97. The molecule has 0 spiro atoms. The summed E-state index contributed by atoms with van der Waals surface area (Å²) < 4.78 is 0. The van der Waals surface area contributed by atoms with Crippen molar-refractivity contribution in [2.75, 3.05) is 6.54 Å². The summed E-state index contributed by atoms with van der Waals surface area (Å²) >= 11 is 0. The summed E-state index contributed by atoms with van der Waals surface area (Å²) in [7, 11) is 0. The Kier molecular flexibility index (Phi) is 3.08. The second kappa shape index (κ2) is 4.09. The molecule has 0 fully saturated rings. The maximum Gasteiger partial charge on any atom is 0.118 e. The fraction of sp³-hybridized carbons (Fsp3) is 0.333. The van der Waals surface area contributed by atoms with Gasteiger partial charge in [0.2, 0.25) is 0 Å². The van der Waals surface area contributed by atoms with Gasteiger partial charge in [-0.15, -0.1) is 0 Å². The Morgan fingerprint density at radius 3 is 2.58 bits per heavy atom. The first-order valence-electron chi connectivity index (χ1n) is 3.96. The van der Waals surface area contributed by atoms with Crippen molar-refractivity contribution in [1.82, 2.24) is 0 Å². The van der Waals surface area contributed by atoms with E-state index in [0.29, 0.717) is 18.7 Å². The number of phenols is 1. The van der Waals surface area contributed by atoms with Crippen LogP contribution in [0.3, 0.4) is 0 Å². The van der Waals surface area contributed by atoms with E-state index in [9.17, 15) is 5.11 Å². The minimum absolute atomic E-state index is 0.0710. The van der Waals surface area contributed by atoms with Crippen LogP contribution in [0.2, 0.25) is 0 Å². The van der Waals surface area contributed by atoms with E-state index in [0.717, 1.165) is 5.56 Å². The molecular weight excluding hydrogens is 152 g/mol. The van der Waals surface area contributed by atoms with Gasteiger partial charge in [0.25, 0.3) is 0 Å². The molecule has 0 aliphatic heterocycles. The molecule has 0 bridgehead atoms. The largest absolute Gasteiger partial charge is 0.508 e. The molecule has 66 valence electrons. The number of rotatable bonds is 3. The first-order chi connectivity index (χ1) is 5.74. The monoisotopic (exact) mass is 166 g/mol. The van der Waals surface area contributed by atoms with E-state index in [-0.39, 0.29) is 6.04 Å². The molecule has 0 heterocycles. The first-order valence-corrected chi connectivity index (χ1v) is 3.96. The highest BCUT2D eigenvalue weighted by Gasteiger charge is 2.04. The van der Waals surface area contributed by atoms with E-state index in [1.54, 1.807) is 12.1 Å². The van der Waals surface area contributed by atoms with Gasteiger partial charge in [-0.3, -0.25) is 0 Å².